The molecule has 1 saturated heterocycles. The Balaban J connectivity index is 0.000000312. The van der Waals surface area contributed by atoms with Gasteiger partial charge in [0, 0.05) is 19.2 Å². The average Bonchev–Trinajstić information content (AvgIpc) is 2.38. The zero-order valence-corrected chi connectivity index (χ0v) is 9.98. The number of hydrogen-bond acceptors (Lipinski definition) is 3. The first-order valence-corrected chi connectivity index (χ1v) is 5.56. The number of benzene rings is 1. The summed E-state index contributed by atoms with van der Waals surface area (Å²) in [5.41, 5.74) is 1.59. The molecule has 9 heteroatoms. The monoisotopic (exact) mass is 277 g/mol. The van der Waals surface area contributed by atoms with Crippen molar-refractivity contribution in [1.82, 2.24) is 0 Å². The van der Waals surface area contributed by atoms with Gasteiger partial charge in [-0.1, -0.05) is 12.1 Å². The Morgan fingerprint density at radius 3 is 2.16 bits per heavy atom. The fourth-order valence-corrected chi connectivity index (χ4v) is 1.62. The molecule has 19 heavy (non-hydrogen) atoms. The van der Waals surface area contributed by atoms with E-state index in [1.165, 1.54) is 0 Å². The zero-order chi connectivity index (χ0) is 14.3. The van der Waals surface area contributed by atoms with Crippen molar-refractivity contribution >= 4 is 18.6 Å². The molecule has 1 aliphatic rings. The standard InChI is InChI=1S/C10H12N3O.BF4/c11-12-9-3-1-2-4-10(9)13-5-7-14-8-6-13;2-1(3,4)5/h1-4H,5-8H2;/q+1;-1. The maximum absolute atomic E-state index is 9.75. The highest BCUT2D eigenvalue weighted by Gasteiger charge is 2.21. The van der Waals surface area contributed by atoms with E-state index in [2.05, 4.69) is 9.88 Å². The van der Waals surface area contributed by atoms with E-state index in [0.717, 1.165) is 32.0 Å². The van der Waals surface area contributed by atoms with Gasteiger partial charge in [-0.25, -0.2) is 0 Å². The SMILES string of the molecule is F[B-](F)(F)F.N#[N+]c1ccccc1N1CCOCC1. The van der Waals surface area contributed by atoms with Gasteiger partial charge in [0.1, 0.15) is 5.69 Å². The molecule has 0 unspecified atom stereocenters. The van der Waals surface area contributed by atoms with E-state index in [1.54, 1.807) is 6.07 Å². The number of anilines is 1. The van der Waals surface area contributed by atoms with Crippen molar-refractivity contribution in [3.05, 3.63) is 29.2 Å². The van der Waals surface area contributed by atoms with E-state index < -0.39 is 7.25 Å². The molecule has 1 aromatic carbocycles. The quantitative estimate of drug-likeness (QED) is 0.449. The van der Waals surface area contributed by atoms with Crippen LogP contribution in [0.2, 0.25) is 0 Å². The van der Waals surface area contributed by atoms with E-state index in [9.17, 15) is 17.3 Å². The first-order chi connectivity index (χ1) is 8.92. The lowest BCUT2D eigenvalue weighted by Crippen LogP contribution is -2.36. The molecule has 0 N–H and O–H groups in total. The highest BCUT2D eigenvalue weighted by atomic mass is 19.5. The molecule has 0 aliphatic carbocycles. The number of ether oxygens (including phenoxy) is 1. The third-order valence-electron chi connectivity index (χ3n) is 2.34. The van der Waals surface area contributed by atoms with Crippen LogP contribution in [-0.4, -0.2) is 33.6 Å². The first kappa shape index (κ1) is 15.2. The van der Waals surface area contributed by atoms with Gasteiger partial charge in [-0.3, -0.25) is 0 Å². The molecule has 0 aromatic heterocycles. The molecular formula is C10H12BF4N3O. The highest BCUT2D eigenvalue weighted by Crippen LogP contribution is 2.28. The molecule has 1 aromatic rings. The Labute approximate surface area is 107 Å². The lowest BCUT2D eigenvalue weighted by molar-refractivity contribution is 0.123. The fraction of sp³-hybridized carbons (Fsp3) is 0.400. The van der Waals surface area contributed by atoms with Crippen LogP contribution in [0.4, 0.5) is 28.6 Å². The van der Waals surface area contributed by atoms with Gasteiger partial charge in [0.2, 0.25) is 5.39 Å². The Bertz CT molecular complexity index is 437. The van der Waals surface area contributed by atoms with Crippen LogP contribution in [0.15, 0.2) is 24.3 Å². The maximum Gasteiger partial charge on any atom is 0.673 e. The Morgan fingerprint density at radius 1 is 1.11 bits per heavy atom. The second-order valence-electron chi connectivity index (χ2n) is 3.68. The van der Waals surface area contributed by atoms with Crippen LogP contribution in [0.25, 0.3) is 4.98 Å². The summed E-state index contributed by atoms with van der Waals surface area (Å²) in [4.78, 5) is 5.43. The maximum atomic E-state index is 9.75. The smallest absolute Gasteiger partial charge is 0.418 e. The third-order valence-corrected chi connectivity index (χ3v) is 2.34. The largest absolute Gasteiger partial charge is 0.673 e. The van der Waals surface area contributed by atoms with Gasteiger partial charge < -0.3 is 26.9 Å². The van der Waals surface area contributed by atoms with Gasteiger partial charge in [-0.2, -0.15) is 0 Å². The summed E-state index contributed by atoms with van der Waals surface area (Å²) >= 11 is 0. The molecular weight excluding hydrogens is 265 g/mol. The molecule has 0 bridgehead atoms. The van der Waals surface area contributed by atoms with Gasteiger partial charge in [0.15, 0.2) is 4.98 Å². The van der Waals surface area contributed by atoms with E-state index in [4.69, 9.17) is 10.1 Å². The first-order valence-electron chi connectivity index (χ1n) is 5.56. The van der Waals surface area contributed by atoms with Crippen molar-refractivity contribution in [3.63, 3.8) is 0 Å². The molecule has 2 rings (SSSR count). The van der Waals surface area contributed by atoms with Crippen LogP contribution in [0.1, 0.15) is 0 Å². The third kappa shape index (κ3) is 6.06. The van der Waals surface area contributed by atoms with E-state index in [0.29, 0.717) is 5.69 Å². The zero-order valence-electron chi connectivity index (χ0n) is 9.98. The minimum absolute atomic E-state index is 0.620. The normalized spacial score (nSPS) is 15.2. The van der Waals surface area contributed by atoms with Crippen molar-refractivity contribution in [2.75, 3.05) is 31.2 Å². The average molecular weight is 277 g/mol. The highest BCUT2D eigenvalue weighted by molar-refractivity contribution is 6.50. The lowest BCUT2D eigenvalue weighted by atomic mass is 10.2. The second-order valence-corrected chi connectivity index (χ2v) is 3.68. The number of hydrogen-bond donors (Lipinski definition) is 0. The second kappa shape index (κ2) is 6.94. The van der Waals surface area contributed by atoms with Crippen molar-refractivity contribution in [3.8, 4) is 0 Å². The lowest BCUT2D eigenvalue weighted by Gasteiger charge is -2.27. The van der Waals surface area contributed by atoms with Crippen molar-refractivity contribution in [2.24, 2.45) is 0 Å². The van der Waals surface area contributed by atoms with Crippen LogP contribution < -0.4 is 4.90 Å². The van der Waals surface area contributed by atoms with Crippen LogP contribution in [-0.2, 0) is 4.74 Å². The topological polar surface area (TPSA) is 40.6 Å². The molecule has 0 radical (unpaired) electrons. The van der Waals surface area contributed by atoms with E-state index in [1.807, 2.05) is 18.2 Å². The molecule has 0 atom stereocenters. The molecule has 1 heterocycles. The number of halogens is 4. The van der Waals surface area contributed by atoms with Crippen molar-refractivity contribution in [2.45, 2.75) is 0 Å². The number of nitrogens with zero attached hydrogens (tertiary/aromatic N) is 3. The van der Waals surface area contributed by atoms with Gasteiger partial charge in [-0.05, 0) is 6.07 Å². The van der Waals surface area contributed by atoms with Crippen LogP contribution >= 0.6 is 0 Å². The summed E-state index contributed by atoms with van der Waals surface area (Å²) in [7, 11) is -6.00. The van der Waals surface area contributed by atoms with Gasteiger partial charge in [0.05, 0.1) is 13.2 Å². The van der Waals surface area contributed by atoms with Crippen molar-refractivity contribution < 1.29 is 22.0 Å². The number of para-hydroxylation sites is 1. The summed E-state index contributed by atoms with van der Waals surface area (Å²) in [6, 6.07) is 7.56. The summed E-state index contributed by atoms with van der Waals surface area (Å²) in [5.74, 6) is 0. The van der Waals surface area contributed by atoms with E-state index >= 15 is 0 Å². The number of rotatable bonds is 1. The van der Waals surface area contributed by atoms with Gasteiger partial charge in [0.25, 0.3) is 0 Å². The molecule has 1 fully saturated rings. The van der Waals surface area contributed by atoms with Crippen LogP contribution in [0.5, 0.6) is 0 Å². The molecule has 0 spiro atoms. The fourth-order valence-electron chi connectivity index (χ4n) is 1.62. The van der Waals surface area contributed by atoms with Crippen molar-refractivity contribution in [1.29, 1.82) is 5.39 Å². The predicted octanol–water partition coefficient (Wildman–Crippen LogP) is 3.31. The number of diazo groups is 1. The van der Waals surface area contributed by atoms with Crippen LogP contribution in [0, 0.1) is 5.39 Å². The molecule has 4 nitrogen and oxygen atoms in total. The van der Waals surface area contributed by atoms with Crippen LogP contribution in [0.3, 0.4) is 0 Å². The van der Waals surface area contributed by atoms with Gasteiger partial charge >= 0.3 is 12.9 Å². The molecule has 0 amide bonds. The summed E-state index contributed by atoms with van der Waals surface area (Å²) in [6.07, 6.45) is 0. The number of morpholine rings is 1. The Hall–Kier alpha value is -1.82. The molecule has 0 saturated carbocycles. The summed E-state index contributed by atoms with van der Waals surface area (Å²) < 4.78 is 44.3. The molecule has 1 aliphatic heterocycles. The van der Waals surface area contributed by atoms with Gasteiger partial charge in [-0.15, -0.1) is 0 Å². The molecule has 104 valence electrons. The predicted molar refractivity (Wildman–Crippen MR) is 64.4 cm³/mol. The Kier molecular flexibility index (Phi) is 5.57. The minimum atomic E-state index is -6.00. The minimum Gasteiger partial charge on any atom is -0.418 e. The Morgan fingerprint density at radius 2 is 1.63 bits per heavy atom. The summed E-state index contributed by atoms with van der Waals surface area (Å²) in [6.45, 7) is 3.18. The van der Waals surface area contributed by atoms with E-state index in [-0.39, 0.29) is 0 Å². The summed E-state index contributed by atoms with van der Waals surface area (Å²) in [5, 5.41) is 8.82.